The molecule has 1 saturated carbocycles. The van der Waals surface area contributed by atoms with E-state index < -0.39 is 23.9 Å². The molecule has 0 aromatic rings. The number of carbonyl (C=O) groups excluding carboxylic acids is 1. The highest BCUT2D eigenvalue weighted by Gasteiger charge is 2.48. The standard InChI is InChI=1S/C13H21F3N2O.ClH/c14-13(15,16)11-6-2-1-5-10(11)12(19)18-9-4-3-7-17-8-9;/h9-11,17H,1-8H2,(H,18,19);1H. The van der Waals surface area contributed by atoms with Gasteiger partial charge in [0.1, 0.15) is 0 Å². The van der Waals surface area contributed by atoms with Crippen molar-refractivity contribution < 1.29 is 18.0 Å². The van der Waals surface area contributed by atoms with Crippen LogP contribution in [0.1, 0.15) is 38.5 Å². The second-order valence-electron chi connectivity index (χ2n) is 5.59. The van der Waals surface area contributed by atoms with Gasteiger partial charge in [-0.2, -0.15) is 13.2 Å². The zero-order valence-electron chi connectivity index (χ0n) is 11.3. The van der Waals surface area contributed by atoms with Gasteiger partial charge < -0.3 is 10.6 Å². The van der Waals surface area contributed by atoms with E-state index >= 15 is 0 Å². The summed E-state index contributed by atoms with van der Waals surface area (Å²) in [6.45, 7) is 1.58. The molecular formula is C13H22ClF3N2O. The maximum atomic E-state index is 12.9. The molecule has 1 amide bonds. The summed E-state index contributed by atoms with van der Waals surface area (Å²) < 4.78 is 38.8. The summed E-state index contributed by atoms with van der Waals surface area (Å²) in [5, 5.41) is 5.94. The summed E-state index contributed by atoms with van der Waals surface area (Å²) >= 11 is 0. The zero-order chi connectivity index (χ0) is 13.9. The lowest BCUT2D eigenvalue weighted by Crippen LogP contribution is -2.50. The normalized spacial score (nSPS) is 31.2. The molecule has 7 heteroatoms. The molecule has 0 radical (unpaired) electrons. The molecule has 0 aromatic carbocycles. The molecule has 2 aliphatic rings. The van der Waals surface area contributed by atoms with Crippen molar-refractivity contribution in [2.45, 2.75) is 50.7 Å². The van der Waals surface area contributed by atoms with Crippen molar-refractivity contribution in [2.75, 3.05) is 13.1 Å². The Bertz CT molecular complexity index is 319. The molecule has 1 aliphatic carbocycles. The van der Waals surface area contributed by atoms with Gasteiger partial charge >= 0.3 is 6.18 Å². The Balaban J connectivity index is 0.00000200. The van der Waals surface area contributed by atoms with E-state index in [0.29, 0.717) is 25.8 Å². The van der Waals surface area contributed by atoms with E-state index in [1.165, 1.54) is 0 Å². The lowest BCUT2D eigenvalue weighted by Gasteiger charge is -2.33. The van der Waals surface area contributed by atoms with Gasteiger partial charge in [-0.15, -0.1) is 12.4 Å². The van der Waals surface area contributed by atoms with Crippen molar-refractivity contribution in [1.29, 1.82) is 0 Å². The third kappa shape index (κ3) is 4.52. The van der Waals surface area contributed by atoms with Gasteiger partial charge in [-0.25, -0.2) is 0 Å². The first-order valence-electron chi connectivity index (χ1n) is 7.06. The van der Waals surface area contributed by atoms with Crippen LogP contribution in [0.4, 0.5) is 13.2 Å². The van der Waals surface area contributed by atoms with Crippen molar-refractivity contribution in [3.05, 3.63) is 0 Å². The minimum atomic E-state index is -4.26. The van der Waals surface area contributed by atoms with Crippen LogP contribution >= 0.6 is 12.4 Å². The summed E-state index contributed by atoms with van der Waals surface area (Å²) in [5.74, 6) is -2.76. The largest absolute Gasteiger partial charge is 0.392 e. The van der Waals surface area contributed by atoms with Gasteiger partial charge in [-0.05, 0) is 32.2 Å². The molecule has 0 aromatic heterocycles. The molecule has 1 aliphatic heterocycles. The van der Waals surface area contributed by atoms with Gasteiger partial charge in [-0.1, -0.05) is 12.8 Å². The summed E-state index contributed by atoms with van der Waals surface area (Å²) in [6.07, 6.45) is -0.721. The van der Waals surface area contributed by atoms with E-state index in [2.05, 4.69) is 10.6 Å². The van der Waals surface area contributed by atoms with Crippen molar-refractivity contribution in [2.24, 2.45) is 11.8 Å². The average molecular weight is 315 g/mol. The number of hydrogen-bond donors (Lipinski definition) is 2. The van der Waals surface area contributed by atoms with Crippen LogP contribution in [-0.2, 0) is 4.79 Å². The Morgan fingerprint density at radius 3 is 2.40 bits per heavy atom. The van der Waals surface area contributed by atoms with E-state index in [1.54, 1.807) is 0 Å². The van der Waals surface area contributed by atoms with Crippen LogP contribution in [-0.4, -0.2) is 31.2 Å². The first-order chi connectivity index (χ1) is 8.98. The molecule has 3 atom stereocenters. The molecule has 0 spiro atoms. The van der Waals surface area contributed by atoms with E-state index in [4.69, 9.17) is 0 Å². The fraction of sp³-hybridized carbons (Fsp3) is 0.923. The summed E-state index contributed by atoms with van der Waals surface area (Å²) in [6, 6.07) is -0.0166. The van der Waals surface area contributed by atoms with Crippen LogP contribution in [0.5, 0.6) is 0 Å². The minimum absolute atomic E-state index is 0. The molecule has 118 valence electrons. The van der Waals surface area contributed by atoms with E-state index in [0.717, 1.165) is 19.4 Å². The van der Waals surface area contributed by atoms with Gasteiger partial charge in [0, 0.05) is 18.5 Å². The third-order valence-electron chi connectivity index (χ3n) is 4.17. The van der Waals surface area contributed by atoms with Crippen LogP contribution in [0.3, 0.4) is 0 Å². The first kappa shape index (κ1) is 17.6. The van der Waals surface area contributed by atoms with Crippen LogP contribution in [0.25, 0.3) is 0 Å². The number of nitrogens with one attached hydrogen (secondary N) is 2. The SMILES string of the molecule is Cl.O=C(NC1CCCNC1)C1CCCCC1C(F)(F)F. The first-order valence-corrected chi connectivity index (χ1v) is 7.06. The zero-order valence-corrected chi connectivity index (χ0v) is 12.2. The van der Waals surface area contributed by atoms with Gasteiger partial charge in [-0.3, -0.25) is 4.79 Å². The van der Waals surface area contributed by atoms with Crippen LogP contribution in [0.15, 0.2) is 0 Å². The Morgan fingerprint density at radius 2 is 1.80 bits per heavy atom. The fourth-order valence-corrected chi connectivity index (χ4v) is 3.12. The lowest BCUT2D eigenvalue weighted by atomic mass is 9.78. The molecule has 2 N–H and O–H groups in total. The Kier molecular flexibility index (Phi) is 6.58. The average Bonchev–Trinajstić information content (AvgIpc) is 2.39. The van der Waals surface area contributed by atoms with E-state index in [9.17, 15) is 18.0 Å². The maximum Gasteiger partial charge on any atom is 0.392 e. The maximum absolute atomic E-state index is 12.9. The highest BCUT2D eigenvalue weighted by atomic mass is 35.5. The number of piperidine rings is 1. The predicted molar refractivity (Wildman–Crippen MR) is 72.8 cm³/mol. The summed E-state index contributed by atoms with van der Waals surface area (Å²) in [7, 11) is 0. The van der Waals surface area contributed by atoms with Crippen molar-refractivity contribution >= 4 is 18.3 Å². The quantitative estimate of drug-likeness (QED) is 0.822. The smallest absolute Gasteiger partial charge is 0.352 e. The van der Waals surface area contributed by atoms with Gasteiger partial charge in [0.2, 0.25) is 5.91 Å². The van der Waals surface area contributed by atoms with E-state index in [1.807, 2.05) is 0 Å². The highest BCUT2D eigenvalue weighted by molar-refractivity contribution is 5.85. The van der Waals surface area contributed by atoms with Gasteiger partial charge in [0.05, 0.1) is 5.92 Å². The molecule has 0 bridgehead atoms. The fourth-order valence-electron chi connectivity index (χ4n) is 3.12. The predicted octanol–water partition coefficient (Wildman–Crippen LogP) is 2.65. The second kappa shape index (κ2) is 7.50. The molecule has 1 saturated heterocycles. The van der Waals surface area contributed by atoms with Crippen molar-refractivity contribution in [3.63, 3.8) is 0 Å². The number of amides is 1. The van der Waals surface area contributed by atoms with Gasteiger partial charge in [0.15, 0.2) is 0 Å². The van der Waals surface area contributed by atoms with Crippen LogP contribution in [0, 0.1) is 11.8 Å². The number of alkyl halides is 3. The van der Waals surface area contributed by atoms with Crippen LogP contribution in [0.2, 0.25) is 0 Å². The Hall–Kier alpha value is -0.490. The minimum Gasteiger partial charge on any atom is -0.352 e. The van der Waals surface area contributed by atoms with E-state index in [-0.39, 0.29) is 24.9 Å². The number of rotatable bonds is 2. The van der Waals surface area contributed by atoms with Crippen molar-refractivity contribution in [3.8, 4) is 0 Å². The molecule has 3 nitrogen and oxygen atoms in total. The molecule has 20 heavy (non-hydrogen) atoms. The Labute approximate surface area is 123 Å². The van der Waals surface area contributed by atoms with Gasteiger partial charge in [0.25, 0.3) is 0 Å². The summed E-state index contributed by atoms with van der Waals surface area (Å²) in [4.78, 5) is 12.1. The number of halogens is 4. The monoisotopic (exact) mass is 314 g/mol. The Morgan fingerprint density at radius 1 is 1.10 bits per heavy atom. The molecule has 3 unspecified atom stereocenters. The third-order valence-corrected chi connectivity index (χ3v) is 4.17. The van der Waals surface area contributed by atoms with Crippen molar-refractivity contribution in [1.82, 2.24) is 10.6 Å². The summed E-state index contributed by atoms with van der Waals surface area (Å²) in [5.41, 5.74) is 0. The highest BCUT2D eigenvalue weighted by Crippen LogP contribution is 2.41. The topological polar surface area (TPSA) is 41.1 Å². The molecular weight excluding hydrogens is 293 g/mol. The number of hydrogen-bond acceptors (Lipinski definition) is 2. The molecule has 2 rings (SSSR count). The second-order valence-corrected chi connectivity index (χ2v) is 5.59. The molecule has 2 fully saturated rings. The van der Waals surface area contributed by atoms with Crippen LogP contribution < -0.4 is 10.6 Å². The number of carbonyl (C=O) groups is 1. The lowest BCUT2D eigenvalue weighted by molar-refractivity contribution is -0.198. The molecule has 1 heterocycles.